The number of nitrogens with zero attached hydrogens (tertiary/aromatic N) is 2. The number of ketones is 1. The van der Waals surface area contributed by atoms with E-state index in [2.05, 4.69) is 11.9 Å². The number of anilines is 1. The van der Waals surface area contributed by atoms with Crippen LogP contribution in [0, 0.1) is 5.82 Å². The lowest BCUT2D eigenvalue weighted by Crippen LogP contribution is -2.29. The Bertz CT molecular complexity index is 1480. The first-order chi connectivity index (χ1) is 17.5. The van der Waals surface area contributed by atoms with Crippen molar-refractivity contribution >= 4 is 44.1 Å². The van der Waals surface area contributed by atoms with E-state index in [1.54, 1.807) is 48.5 Å². The Kier molecular flexibility index (Phi) is 6.52. The number of halogens is 1. The van der Waals surface area contributed by atoms with E-state index >= 15 is 0 Å². The van der Waals surface area contributed by atoms with Crippen molar-refractivity contribution in [3.05, 3.63) is 95.3 Å². The zero-order chi connectivity index (χ0) is 25.2. The number of Topliss-reactive ketones (excluding diaryl/α,β-unsaturated/α-hetero) is 1. The standard InChI is InChI=1S/C28H23FN2O4S/c1-2-3-14-35-20-11-7-10-18(15-20)24-23(25(32)17-8-5-4-6-9-17)26(33)27(34)31(24)28-30-21-13-12-19(29)16-22(21)36-28/h4-13,15-16,24,32H,2-3,14H2,1H3. The van der Waals surface area contributed by atoms with Gasteiger partial charge in [0.15, 0.2) is 5.13 Å². The molecular formula is C28H23FN2O4S. The summed E-state index contributed by atoms with van der Waals surface area (Å²) >= 11 is 1.11. The van der Waals surface area contributed by atoms with Crippen LogP contribution in [0.3, 0.4) is 0 Å². The number of aliphatic hydroxyl groups excluding tert-OH is 1. The number of carbonyl (C=O) groups excluding carboxylic acids is 2. The molecule has 1 N–H and O–H groups in total. The van der Waals surface area contributed by atoms with Gasteiger partial charge < -0.3 is 9.84 Å². The molecule has 1 amide bonds. The van der Waals surface area contributed by atoms with Crippen LogP contribution in [0.5, 0.6) is 5.75 Å². The van der Waals surface area contributed by atoms with Crippen LogP contribution in [-0.2, 0) is 9.59 Å². The maximum absolute atomic E-state index is 13.8. The van der Waals surface area contributed by atoms with Crippen molar-refractivity contribution in [3.8, 4) is 5.75 Å². The molecule has 36 heavy (non-hydrogen) atoms. The highest BCUT2D eigenvalue weighted by Crippen LogP contribution is 2.44. The van der Waals surface area contributed by atoms with Crippen molar-refractivity contribution in [2.75, 3.05) is 11.5 Å². The summed E-state index contributed by atoms with van der Waals surface area (Å²) in [4.78, 5) is 32.5. The smallest absolute Gasteiger partial charge is 0.301 e. The third kappa shape index (κ3) is 4.35. The van der Waals surface area contributed by atoms with Crippen LogP contribution >= 0.6 is 11.3 Å². The van der Waals surface area contributed by atoms with Gasteiger partial charge in [0, 0.05) is 5.56 Å². The van der Waals surface area contributed by atoms with Gasteiger partial charge in [0.05, 0.1) is 28.4 Å². The molecule has 0 spiro atoms. The number of fused-ring (bicyclic) bond motifs is 1. The lowest BCUT2D eigenvalue weighted by molar-refractivity contribution is -0.132. The number of ether oxygens (including phenoxy) is 1. The van der Waals surface area contributed by atoms with Gasteiger partial charge in [-0.3, -0.25) is 14.5 Å². The van der Waals surface area contributed by atoms with Gasteiger partial charge in [-0.25, -0.2) is 9.37 Å². The number of thiazole rings is 1. The first-order valence-electron chi connectivity index (χ1n) is 11.6. The maximum atomic E-state index is 13.8. The van der Waals surface area contributed by atoms with Gasteiger partial charge in [0.25, 0.3) is 5.78 Å². The zero-order valence-corrected chi connectivity index (χ0v) is 20.3. The second-order valence-electron chi connectivity index (χ2n) is 8.42. The average molecular weight is 503 g/mol. The summed E-state index contributed by atoms with van der Waals surface area (Å²) in [5.74, 6) is -1.72. The molecule has 0 bridgehead atoms. The first-order valence-corrected chi connectivity index (χ1v) is 12.4. The fraction of sp³-hybridized carbons (Fsp3) is 0.179. The quantitative estimate of drug-likeness (QED) is 0.140. The van der Waals surface area contributed by atoms with Gasteiger partial charge >= 0.3 is 5.91 Å². The summed E-state index contributed by atoms with van der Waals surface area (Å²) in [6, 6.07) is 19.0. The summed E-state index contributed by atoms with van der Waals surface area (Å²) in [5, 5.41) is 11.4. The number of hydrogen-bond donors (Lipinski definition) is 1. The maximum Gasteiger partial charge on any atom is 0.301 e. The number of benzene rings is 3. The first kappa shape index (κ1) is 23.7. The van der Waals surface area contributed by atoms with Crippen LogP contribution in [0.15, 0.2) is 78.4 Å². The van der Waals surface area contributed by atoms with Crippen LogP contribution in [0.2, 0.25) is 0 Å². The van der Waals surface area contributed by atoms with Crippen molar-refractivity contribution in [2.45, 2.75) is 25.8 Å². The Hall–Kier alpha value is -4.04. The summed E-state index contributed by atoms with van der Waals surface area (Å²) < 4.78 is 20.2. The summed E-state index contributed by atoms with van der Waals surface area (Å²) in [6.45, 7) is 2.61. The number of amides is 1. The largest absolute Gasteiger partial charge is 0.507 e. The van der Waals surface area contributed by atoms with E-state index in [9.17, 15) is 19.1 Å². The second-order valence-corrected chi connectivity index (χ2v) is 9.43. The molecule has 1 aliphatic rings. The molecule has 2 heterocycles. The van der Waals surface area contributed by atoms with Crippen molar-refractivity contribution in [1.82, 2.24) is 4.98 Å². The van der Waals surface area contributed by atoms with Crippen LogP contribution < -0.4 is 9.64 Å². The SMILES string of the molecule is CCCCOc1cccc(C2C(=C(O)c3ccccc3)C(=O)C(=O)N2c2nc3ccc(F)cc3s2)c1. The van der Waals surface area contributed by atoms with E-state index in [1.165, 1.54) is 23.1 Å². The van der Waals surface area contributed by atoms with Crippen molar-refractivity contribution in [2.24, 2.45) is 0 Å². The molecule has 4 aromatic rings. The lowest BCUT2D eigenvalue weighted by atomic mass is 9.95. The van der Waals surface area contributed by atoms with E-state index in [4.69, 9.17) is 4.74 Å². The minimum absolute atomic E-state index is 0.0395. The molecule has 1 unspecified atom stereocenters. The third-order valence-electron chi connectivity index (χ3n) is 5.98. The van der Waals surface area contributed by atoms with Gasteiger partial charge in [-0.2, -0.15) is 0 Å². The molecule has 5 rings (SSSR count). The molecule has 0 aliphatic carbocycles. The fourth-order valence-electron chi connectivity index (χ4n) is 4.19. The lowest BCUT2D eigenvalue weighted by Gasteiger charge is -2.23. The predicted octanol–water partition coefficient (Wildman–Crippen LogP) is 6.24. The van der Waals surface area contributed by atoms with Crippen molar-refractivity contribution in [3.63, 3.8) is 0 Å². The second kappa shape index (κ2) is 9.91. The molecule has 8 heteroatoms. The van der Waals surface area contributed by atoms with Crippen molar-refractivity contribution < 1.29 is 23.8 Å². The van der Waals surface area contributed by atoms with Crippen LogP contribution in [0.1, 0.15) is 36.9 Å². The van der Waals surface area contributed by atoms with E-state index < -0.39 is 23.5 Å². The monoisotopic (exact) mass is 502 g/mol. The molecule has 1 atom stereocenters. The summed E-state index contributed by atoms with van der Waals surface area (Å²) in [7, 11) is 0. The third-order valence-corrected chi connectivity index (χ3v) is 6.99. The minimum atomic E-state index is -0.939. The van der Waals surface area contributed by atoms with Crippen molar-refractivity contribution in [1.29, 1.82) is 0 Å². The Morgan fingerprint density at radius 1 is 1.08 bits per heavy atom. The summed E-state index contributed by atoms with van der Waals surface area (Å²) in [6.07, 6.45) is 1.87. The van der Waals surface area contributed by atoms with Crippen LogP contribution in [0.4, 0.5) is 9.52 Å². The fourth-order valence-corrected chi connectivity index (χ4v) is 5.21. The molecule has 1 fully saturated rings. The van der Waals surface area contributed by atoms with Crippen LogP contribution in [0.25, 0.3) is 16.0 Å². The highest BCUT2D eigenvalue weighted by molar-refractivity contribution is 7.22. The number of aromatic nitrogens is 1. The van der Waals surface area contributed by atoms with E-state index in [-0.39, 0.29) is 16.5 Å². The Labute approximate surface area is 211 Å². The molecule has 6 nitrogen and oxygen atoms in total. The Balaban J connectivity index is 1.67. The zero-order valence-electron chi connectivity index (χ0n) is 19.5. The highest BCUT2D eigenvalue weighted by atomic mass is 32.1. The predicted molar refractivity (Wildman–Crippen MR) is 138 cm³/mol. The van der Waals surface area contributed by atoms with Gasteiger partial charge in [-0.05, 0) is 42.3 Å². The number of aliphatic hydroxyl groups is 1. The number of unbranched alkanes of at least 4 members (excludes halogenated alkanes) is 1. The van der Waals surface area contributed by atoms with Gasteiger partial charge in [0.2, 0.25) is 0 Å². The molecular weight excluding hydrogens is 479 g/mol. The molecule has 3 aromatic carbocycles. The normalized spacial score (nSPS) is 17.2. The van der Waals surface area contributed by atoms with Crippen LogP contribution in [-0.4, -0.2) is 28.4 Å². The topological polar surface area (TPSA) is 79.7 Å². The number of rotatable bonds is 7. The highest BCUT2D eigenvalue weighted by Gasteiger charge is 2.48. The van der Waals surface area contributed by atoms with E-state index in [0.29, 0.717) is 33.7 Å². The Morgan fingerprint density at radius 2 is 1.89 bits per heavy atom. The average Bonchev–Trinajstić information content (AvgIpc) is 3.42. The molecule has 0 saturated carbocycles. The molecule has 0 radical (unpaired) electrons. The Morgan fingerprint density at radius 3 is 2.67 bits per heavy atom. The molecule has 1 aromatic heterocycles. The molecule has 1 saturated heterocycles. The number of hydrogen-bond acceptors (Lipinski definition) is 6. The van der Waals surface area contributed by atoms with E-state index in [1.807, 2.05) is 6.07 Å². The van der Waals surface area contributed by atoms with E-state index in [0.717, 1.165) is 24.2 Å². The molecule has 182 valence electrons. The van der Waals surface area contributed by atoms with Gasteiger partial charge in [-0.1, -0.05) is 67.1 Å². The summed E-state index contributed by atoms with van der Waals surface area (Å²) in [5.41, 5.74) is 1.48. The minimum Gasteiger partial charge on any atom is -0.507 e. The molecule has 1 aliphatic heterocycles. The number of carbonyl (C=O) groups is 2. The van der Waals surface area contributed by atoms with Gasteiger partial charge in [-0.15, -0.1) is 0 Å². The van der Waals surface area contributed by atoms with Gasteiger partial charge in [0.1, 0.15) is 17.3 Å².